The van der Waals surface area contributed by atoms with E-state index < -0.39 is 23.2 Å². The van der Waals surface area contributed by atoms with Crippen molar-refractivity contribution in [3.8, 4) is 5.75 Å². The molecule has 0 aliphatic heterocycles. The second kappa shape index (κ2) is 5.61. The van der Waals surface area contributed by atoms with Crippen LogP contribution in [0.25, 0.3) is 0 Å². The fraction of sp³-hybridized carbons (Fsp3) is 0.133. The Balaban J connectivity index is 2.25. The van der Waals surface area contributed by atoms with Crippen molar-refractivity contribution in [1.29, 1.82) is 0 Å². The third-order valence-electron chi connectivity index (χ3n) is 2.65. The number of halogens is 2. The number of ketones is 1. The lowest BCUT2D eigenvalue weighted by molar-refractivity contribution is 0.101. The first-order chi connectivity index (χ1) is 9.09. The summed E-state index contributed by atoms with van der Waals surface area (Å²) in [5, 5.41) is 0. The van der Waals surface area contributed by atoms with Gasteiger partial charge in [0.25, 0.3) is 0 Å². The molecular weight excluding hydrogens is 250 g/mol. The lowest BCUT2D eigenvalue weighted by Crippen LogP contribution is -2.04. The SMILES string of the molecule is CC(=O)c1ccc(F)c(OCc2ccccc2)c1F. The molecule has 4 heteroatoms. The summed E-state index contributed by atoms with van der Waals surface area (Å²) in [5.74, 6) is -2.76. The highest BCUT2D eigenvalue weighted by Crippen LogP contribution is 2.25. The van der Waals surface area contributed by atoms with Crippen LogP contribution in [0.3, 0.4) is 0 Å². The van der Waals surface area contributed by atoms with Gasteiger partial charge in [-0.2, -0.15) is 0 Å². The second-order valence-corrected chi connectivity index (χ2v) is 4.07. The number of benzene rings is 2. The van der Waals surface area contributed by atoms with Gasteiger partial charge in [0.1, 0.15) is 6.61 Å². The molecule has 0 fully saturated rings. The first-order valence-electron chi connectivity index (χ1n) is 5.75. The first kappa shape index (κ1) is 13.2. The molecule has 2 aromatic rings. The molecule has 0 saturated heterocycles. The summed E-state index contributed by atoms with van der Waals surface area (Å²) in [6, 6.07) is 11.1. The van der Waals surface area contributed by atoms with Gasteiger partial charge in [-0.05, 0) is 24.6 Å². The maximum absolute atomic E-state index is 13.9. The zero-order chi connectivity index (χ0) is 13.8. The summed E-state index contributed by atoms with van der Waals surface area (Å²) >= 11 is 0. The number of carbonyl (C=O) groups is 1. The monoisotopic (exact) mass is 262 g/mol. The molecule has 0 aromatic heterocycles. The van der Waals surface area contributed by atoms with Crippen molar-refractivity contribution in [1.82, 2.24) is 0 Å². The number of Topliss-reactive ketones (excluding diaryl/α,β-unsaturated/α-hetero) is 1. The average Bonchev–Trinajstić information content (AvgIpc) is 2.39. The van der Waals surface area contributed by atoms with Crippen LogP contribution in [-0.4, -0.2) is 5.78 Å². The number of rotatable bonds is 4. The minimum absolute atomic E-state index is 0.0377. The van der Waals surface area contributed by atoms with Crippen molar-refractivity contribution in [2.75, 3.05) is 0 Å². The van der Waals surface area contributed by atoms with E-state index in [0.29, 0.717) is 0 Å². The zero-order valence-electron chi connectivity index (χ0n) is 10.3. The van der Waals surface area contributed by atoms with E-state index in [0.717, 1.165) is 17.7 Å². The minimum Gasteiger partial charge on any atom is -0.483 e. The van der Waals surface area contributed by atoms with E-state index in [1.165, 1.54) is 6.92 Å². The highest BCUT2D eigenvalue weighted by Gasteiger charge is 2.17. The molecule has 2 aromatic carbocycles. The predicted octanol–water partition coefficient (Wildman–Crippen LogP) is 3.75. The number of hydrogen-bond donors (Lipinski definition) is 0. The molecule has 0 aliphatic carbocycles. The maximum Gasteiger partial charge on any atom is 0.191 e. The summed E-state index contributed by atoms with van der Waals surface area (Å²) in [7, 11) is 0. The van der Waals surface area contributed by atoms with Crippen molar-refractivity contribution in [2.45, 2.75) is 13.5 Å². The maximum atomic E-state index is 13.9. The molecule has 0 heterocycles. The molecule has 98 valence electrons. The standard InChI is InChI=1S/C15H12F2O2/c1-10(18)12-7-8-13(16)15(14(12)17)19-9-11-5-3-2-4-6-11/h2-8H,9H2,1H3. The van der Waals surface area contributed by atoms with E-state index in [-0.39, 0.29) is 12.2 Å². The lowest BCUT2D eigenvalue weighted by Gasteiger charge is -2.10. The molecule has 0 unspecified atom stereocenters. The summed E-state index contributed by atoms with van der Waals surface area (Å²) < 4.78 is 32.6. The zero-order valence-corrected chi connectivity index (χ0v) is 10.3. The number of ether oxygens (including phenoxy) is 1. The van der Waals surface area contributed by atoms with E-state index in [1.807, 2.05) is 6.07 Å². The number of carbonyl (C=O) groups excluding carboxylic acids is 1. The Bertz CT molecular complexity index is 595. The molecule has 0 N–H and O–H groups in total. The summed E-state index contributed by atoms with van der Waals surface area (Å²) in [5.41, 5.74) is 0.610. The van der Waals surface area contributed by atoms with Crippen LogP contribution in [-0.2, 0) is 6.61 Å². The van der Waals surface area contributed by atoms with Crippen LogP contribution in [0.4, 0.5) is 8.78 Å². The van der Waals surface area contributed by atoms with Crippen molar-refractivity contribution >= 4 is 5.78 Å². The molecule has 0 radical (unpaired) electrons. The molecule has 0 atom stereocenters. The molecule has 19 heavy (non-hydrogen) atoms. The van der Waals surface area contributed by atoms with Crippen LogP contribution in [0.5, 0.6) is 5.75 Å². The van der Waals surface area contributed by atoms with Gasteiger partial charge in [0.2, 0.25) is 0 Å². The van der Waals surface area contributed by atoms with Gasteiger partial charge in [-0.25, -0.2) is 8.78 Å². The van der Waals surface area contributed by atoms with Crippen molar-refractivity contribution in [3.05, 3.63) is 65.2 Å². The Hall–Kier alpha value is -2.23. The van der Waals surface area contributed by atoms with E-state index in [2.05, 4.69) is 0 Å². The third kappa shape index (κ3) is 2.96. The van der Waals surface area contributed by atoms with E-state index in [9.17, 15) is 13.6 Å². The summed E-state index contributed by atoms with van der Waals surface area (Å²) in [6.07, 6.45) is 0. The van der Waals surface area contributed by atoms with Gasteiger partial charge >= 0.3 is 0 Å². The third-order valence-corrected chi connectivity index (χ3v) is 2.65. The fourth-order valence-corrected chi connectivity index (χ4v) is 1.67. The van der Waals surface area contributed by atoms with Gasteiger partial charge in [0.05, 0.1) is 5.56 Å². The highest BCUT2D eigenvalue weighted by molar-refractivity contribution is 5.94. The summed E-state index contributed by atoms with van der Waals surface area (Å²) in [4.78, 5) is 11.2. The molecule has 0 aliphatic rings. The van der Waals surface area contributed by atoms with Gasteiger partial charge in [-0.1, -0.05) is 30.3 Å². The van der Waals surface area contributed by atoms with Crippen molar-refractivity contribution in [2.24, 2.45) is 0 Å². The van der Waals surface area contributed by atoms with Gasteiger partial charge in [0.15, 0.2) is 23.2 Å². The minimum atomic E-state index is -0.955. The van der Waals surface area contributed by atoms with E-state index >= 15 is 0 Å². The topological polar surface area (TPSA) is 26.3 Å². The van der Waals surface area contributed by atoms with Gasteiger partial charge in [0, 0.05) is 0 Å². The van der Waals surface area contributed by atoms with Crippen LogP contribution in [0.1, 0.15) is 22.8 Å². The molecule has 2 rings (SSSR count). The molecule has 0 bridgehead atoms. The Kier molecular flexibility index (Phi) is 3.90. The Morgan fingerprint density at radius 2 is 1.79 bits per heavy atom. The predicted molar refractivity (Wildman–Crippen MR) is 67.1 cm³/mol. The van der Waals surface area contributed by atoms with Crippen molar-refractivity contribution in [3.63, 3.8) is 0 Å². The first-order valence-corrected chi connectivity index (χ1v) is 5.75. The van der Waals surface area contributed by atoms with Gasteiger partial charge < -0.3 is 4.74 Å². The quantitative estimate of drug-likeness (QED) is 0.784. The van der Waals surface area contributed by atoms with Crippen LogP contribution in [0, 0.1) is 11.6 Å². The molecular formula is C15H12F2O2. The normalized spacial score (nSPS) is 10.3. The average molecular weight is 262 g/mol. The Morgan fingerprint density at radius 1 is 1.11 bits per heavy atom. The second-order valence-electron chi connectivity index (χ2n) is 4.07. The van der Waals surface area contributed by atoms with Gasteiger partial charge in [-0.3, -0.25) is 4.79 Å². The van der Waals surface area contributed by atoms with Gasteiger partial charge in [-0.15, -0.1) is 0 Å². The Morgan fingerprint density at radius 3 is 2.42 bits per heavy atom. The highest BCUT2D eigenvalue weighted by atomic mass is 19.1. The largest absolute Gasteiger partial charge is 0.483 e. The van der Waals surface area contributed by atoms with Crippen LogP contribution >= 0.6 is 0 Å². The molecule has 0 amide bonds. The fourth-order valence-electron chi connectivity index (χ4n) is 1.67. The Labute approximate surface area is 109 Å². The van der Waals surface area contributed by atoms with Crippen LogP contribution in [0.15, 0.2) is 42.5 Å². The van der Waals surface area contributed by atoms with E-state index in [4.69, 9.17) is 4.74 Å². The summed E-state index contributed by atoms with van der Waals surface area (Å²) in [6.45, 7) is 1.26. The molecule has 2 nitrogen and oxygen atoms in total. The van der Waals surface area contributed by atoms with E-state index in [1.54, 1.807) is 24.3 Å². The van der Waals surface area contributed by atoms with Crippen LogP contribution in [0.2, 0.25) is 0 Å². The van der Waals surface area contributed by atoms with Crippen LogP contribution < -0.4 is 4.74 Å². The lowest BCUT2D eigenvalue weighted by atomic mass is 10.1. The molecule has 0 spiro atoms. The molecule has 0 saturated carbocycles. The van der Waals surface area contributed by atoms with Crippen molar-refractivity contribution < 1.29 is 18.3 Å². The number of hydrogen-bond acceptors (Lipinski definition) is 2. The smallest absolute Gasteiger partial charge is 0.191 e.